The van der Waals surface area contributed by atoms with Crippen LogP contribution in [0.1, 0.15) is 11.1 Å². The topological polar surface area (TPSA) is 69.9 Å². The molecule has 0 bridgehead atoms. The van der Waals surface area contributed by atoms with E-state index in [1.165, 1.54) is 0 Å². The number of hydrogen-bond donors (Lipinski definition) is 3. The first-order chi connectivity index (χ1) is 6.68. The van der Waals surface area contributed by atoms with E-state index in [0.717, 1.165) is 11.1 Å². The van der Waals surface area contributed by atoms with Crippen LogP contribution < -0.4 is 5.46 Å². The number of aliphatic hydroxyl groups is 2. The van der Waals surface area contributed by atoms with Crippen molar-refractivity contribution in [2.24, 2.45) is 0 Å². The highest BCUT2D eigenvalue weighted by Gasteiger charge is 2.29. The van der Waals surface area contributed by atoms with Crippen molar-refractivity contribution in [2.45, 2.75) is 19.3 Å². The summed E-state index contributed by atoms with van der Waals surface area (Å²) < 4.78 is 5.04. The lowest BCUT2D eigenvalue weighted by molar-refractivity contribution is -0.0380. The Morgan fingerprint density at radius 2 is 2.21 bits per heavy atom. The Kier molecular flexibility index (Phi) is 2.56. The molecule has 0 amide bonds. The van der Waals surface area contributed by atoms with Gasteiger partial charge in [0.25, 0.3) is 0 Å². The Morgan fingerprint density at radius 1 is 1.43 bits per heavy atom. The van der Waals surface area contributed by atoms with Crippen molar-refractivity contribution in [1.29, 1.82) is 0 Å². The largest absolute Gasteiger partial charge is 0.492 e. The molecule has 0 unspecified atom stereocenters. The van der Waals surface area contributed by atoms with Crippen molar-refractivity contribution in [3.8, 4) is 0 Å². The van der Waals surface area contributed by atoms with Crippen LogP contribution in [0.4, 0.5) is 0 Å². The lowest BCUT2D eigenvalue weighted by Crippen LogP contribution is -2.32. The fraction of sp³-hybridized carbons (Fsp3) is 0.333. The molecule has 0 fully saturated rings. The smallest absolute Gasteiger partial charge is 0.423 e. The van der Waals surface area contributed by atoms with Gasteiger partial charge in [0.15, 0.2) is 6.29 Å². The minimum absolute atomic E-state index is 0.115. The quantitative estimate of drug-likeness (QED) is 0.406. The zero-order chi connectivity index (χ0) is 10.1. The second kappa shape index (κ2) is 3.71. The maximum absolute atomic E-state index is 9.49. The molecule has 0 aromatic heterocycles. The molecule has 0 aliphatic carbocycles. The van der Waals surface area contributed by atoms with Gasteiger partial charge >= 0.3 is 7.12 Å². The third-order valence-electron chi connectivity index (χ3n) is 2.33. The zero-order valence-electron chi connectivity index (χ0n) is 7.55. The summed E-state index contributed by atoms with van der Waals surface area (Å²) in [6, 6.07) is 5.44. The van der Waals surface area contributed by atoms with Gasteiger partial charge in [-0.2, -0.15) is 0 Å². The van der Waals surface area contributed by atoms with Crippen molar-refractivity contribution in [2.75, 3.05) is 0 Å². The SMILES string of the molecule is OB1OCc2cccc(CC(O)O)c21. The molecule has 14 heavy (non-hydrogen) atoms. The van der Waals surface area contributed by atoms with Gasteiger partial charge in [-0.25, -0.2) is 0 Å². The Hall–Kier alpha value is -0.875. The van der Waals surface area contributed by atoms with Crippen LogP contribution in [0.3, 0.4) is 0 Å². The van der Waals surface area contributed by atoms with Gasteiger partial charge in [-0.1, -0.05) is 18.2 Å². The lowest BCUT2D eigenvalue weighted by Gasteiger charge is -2.08. The molecule has 0 atom stereocenters. The predicted molar refractivity (Wildman–Crippen MR) is 50.8 cm³/mol. The monoisotopic (exact) mass is 194 g/mol. The van der Waals surface area contributed by atoms with Gasteiger partial charge < -0.3 is 19.9 Å². The van der Waals surface area contributed by atoms with Crippen LogP contribution in [0, 0.1) is 0 Å². The van der Waals surface area contributed by atoms with Crippen molar-refractivity contribution >= 4 is 12.6 Å². The normalized spacial score (nSPS) is 15.0. The Labute approximate surface area is 81.9 Å². The molecular formula is C9H11BO4. The van der Waals surface area contributed by atoms with Gasteiger partial charge in [0, 0.05) is 6.42 Å². The Bertz CT molecular complexity index is 340. The maximum Gasteiger partial charge on any atom is 0.492 e. The van der Waals surface area contributed by atoms with E-state index in [2.05, 4.69) is 0 Å². The van der Waals surface area contributed by atoms with Gasteiger partial charge in [0.05, 0.1) is 6.61 Å². The number of aliphatic hydroxyl groups excluding tert-OH is 1. The highest BCUT2D eigenvalue weighted by molar-refractivity contribution is 6.62. The standard InChI is InChI=1S/C9H11BO4/c11-8(12)4-6-2-1-3-7-5-14-10(13)9(6)7/h1-3,8,11-13H,4-5H2. The van der Waals surface area contributed by atoms with Gasteiger partial charge in [-0.15, -0.1) is 0 Å². The summed E-state index contributed by atoms with van der Waals surface area (Å²) >= 11 is 0. The molecule has 1 aromatic rings. The van der Waals surface area contributed by atoms with Crippen molar-refractivity contribution in [3.05, 3.63) is 29.3 Å². The second-order valence-corrected chi connectivity index (χ2v) is 3.34. The van der Waals surface area contributed by atoms with Crippen LogP contribution in [0.2, 0.25) is 0 Å². The third kappa shape index (κ3) is 1.67. The molecule has 3 N–H and O–H groups in total. The van der Waals surface area contributed by atoms with Crippen LogP contribution in [-0.4, -0.2) is 28.6 Å². The second-order valence-electron chi connectivity index (χ2n) is 3.34. The van der Waals surface area contributed by atoms with Crippen molar-refractivity contribution in [3.63, 3.8) is 0 Å². The molecular weight excluding hydrogens is 183 g/mol. The summed E-state index contributed by atoms with van der Waals surface area (Å²) in [5.41, 5.74) is 2.32. The van der Waals surface area contributed by atoms with Crippen LogP contribution in [0.5, 0.6) is 0 Å². The van der Waals surface area contributed by atoms with Crippen molar-refractivity contribution in [1.82, 2.24) is 0 Å². The summed E-state index contributed by atoms with van der Waals surface area (Å²) in [7, 11) is -0.931. The van der Waals surface area contributed by atoms with E-state index >= 15 is 0 Å². The van der Waals surface area contributed by atoms with E-state index in [1.807, 2.05) is 12.1 Å². The van der Waals surface area contributed by atoms with Gasteiger partial charge in [-0.3, -0.25) is 0 Å². The summed E-state index contributed by atoms with van der Waals surface area (Å²) in [6.07, 6.45) is -1.28. The molecule has 5 heteroatoms. The number of rotatable bonds is 2. The summed E-state index contributed by atoms with van der Waals surface area (Å²) in [5, 5.41) is 27.2. The van der Waals surface area contributed by atoms with Gasteiger partial charge in [0.1, 0.15) is 0 Å². The van der Waals surface area contributed by atoms with E-state index in [4.69, 9.17) is 14.9 Å². The molecule has 0 radical (unpaired) electrons. The highest BCUT2D eigenvalue weighted by Crippen LogP contribution is 2.13. The van der Waals surface area contributed by atoms with E-state index in [9.17, 15) is 5.02 Å². The van der Waals surface area contributed by atoms with Crippen LogP contribution >= 0.6 is 0 Å². The molecule has 1 aromatic carbocycles. The maximum atomic E-state index is 9.49. The van der Waals surface area contributed by atoms with Gasteiger partial charge in [0.2, 0.25) is 0 Å². The molecule has 0 spiro atoms. The Morgan fingerprint density at radius 3 is 2.93 bits per heavy atom. The number of fused-ring (bicyclic) bond motifs is 1. The molecule has 4 nitrogen and oxygen atoms in total. The van der Waals surface area contributed by atoms with E-state index in [-0.39, 0.29) is 6.42 Å². The molecule has 1 aliphatic rings. The molecule has 0 saturated carbocycles. The molecule has 2 rings (SSSR count). The summed E-state index contributed by atoms with van der Waals surface area (Å²) in [4.78, 5) is 0. The van der Waals surface area contributed by atoms with Gasteiger partial charge in [-0.05, 0) is 16.6 Å². The highest BCUT2D eigenvalue weighted by atomic mass is 16.5. The van der Waals surface area contributed by atoms with Crippen LogP contribution in [0.25, 0.3) is 0 Å². The minimum atomic E-state index is -1.39. The lowest BCUT2D eigenvalue weighted by atomic mass is 9.75. The number of benzene rings is 1. The summed E-state index contributed by atoms with van der Waals surface area (Å²) in [5.74, 6) is 0. The molecule has 0 saturated heterocycles. The summed E-state index contributed by atoms with van der Waals surface area (Å²) in [6.45, 7) is 0.381. The molecule has 1 heterocycles. The minimum Gasteiger partial charge on any atom is -0.423 e. The fourth-order valence-electron chi connectivity index (χ4n) is 1.74. The van der Waals surface area contributed by atoms with Crippen LogP contribution in [-0.2, 0) is 17.7 Å². The predicted octanol–water partition coefficient (Wildman–Crippen LogP) is -1.24. The van der Waals surface area contributed by atoms with Crippen LogP contribution in [0.15, 0.2) is 18.2 Å². The van der Waals surface area contributed by atoms with E-state index in [1.54, 1.807) is 6.07 Å². The number of hydrogen-bond acceptors (Lipinski definition) is 4. The first kappa shape index (κ1) is 9.67. The Balaban J connectivity index is 2.36. The zero-order valence-corrected chi connectivity index (χ0v) is 7.55. The molecule has 74 valence electrons. The van der Waals surface area contributed by atoms with Crippen molar-refractivity contribution < 1.29 is 19.9 Å². The average molecular weight is 194 g/mol. The molecule has 1 aliphatic heterocycles. The van der Waals surface area contributed by atoms with E-state index in [0.29, 0.717) is 12.1 Å². The fourth-order valence-corrected chi connectivity index (χ4v) is 1.74. The third-order valence-corrected chi connectivity index (χ3v) is 2.33. The first-order valence-corrected chi connectivity index (χ1v) is 4.45. The first-order valence-electron chi connectivity index (χ1n) is 4.45. The average Bonchev–Trinajstić information content (AvgIpc) is 2.48. The van der Waals surface area contributed by atoms with E-state index < -0.39 is 13.4 Å².